The lowest BCUT2D eigenvalue weighted by molar-refractivity contribution is 0.0999. The van der Waals surface area contributed by atoms with Gasteiger partial charge in [0.25, 0.3) is 0 Å². The van der Waals surface area contributed by atoms with E-state index in [0.717, 1.165) is 31.7 Å². The minimum Gasteiger partial charge on any atom is -0.495 e. The van der Waals surface area contributed by atoms with Crippen LogP contribution < -0.4 is 9.47 Å². The number of furan rings is 2. The standard InChI is InChI=1S/C30H26O6S2/c1-17(31)27-25(13-23-21(9-11-35-23)29(27)33-3)37-15-19-5-7-20(8-6-19)16-38-26-14-24-22(10-12-36-24)30(34-4)28(26)18(2)32/h5-14H,15-16H2,1-4H3. The fourth-order valence-electron chi connectivity index (χ4n) is 4.49. The highest BCUT2D eigenvalue weighted by atomic mass is 32.2. The number of ketones is 2. The zero-order chi connectivity index (χ0) is 26.8. The second-order valence-electron chi connectivity index (χ2n) is 8.74. The predicted octanol–water partition coefficient (Wildman–Crippen LogP) is 8.19. The Morgan fingerprint density at radius 2 is 1.08 bits per heavy atom. The van der Waals surface area contributed by atoms with Gasteiger partial charge in [0.2, 0.25) is 0 Å². The third-order valence-electron chi connectivity index (χ3n) is 6.27. The van der Waals surface area contributed by atoms with Crippen molar-refractivity contribution in [2.24, 2.45) is 0 Å². The van der Waals surface area contributed by atoms with Crippen LogP contribution in [0.4, 0.5) is 0 Å². The van der Waals surface area contributed by atoms with Gasteiger partial charge in [-0.1, -0.05) is 24.3 Å². The molecule has 0 spiro atoms. The summed E-state index contributed by atoms with van der Waals surface area (Å²) in [6, 6.07) is 15.8. The number of carbonyl (C=O) groups is 2. The van der Waals surface area contributed by atoms with E-state index in [0.29, 0.717) is 45.3 Å². The minimum absolute atomic E-state index is 0.0471. The Balaban J connectivity index is 1.32. The van der Waals surface area contributed by atoms with Crippen LogP contribution in [0.15, 0.2) is 79.7 Å². The van der Waals surface area contributed by atoms with Gasteiger partial charge < -0.3 is 18.3 Å². The molecule has 0 radical (unpaired) electrons. The Bertz CT molecular complexity index is 1520. The zero-order valence-corrected chi connectivity index (χ0v) is 23.1. The first-order valence-corrected chi connectivity index (χ1v) is 13.9. The van der Waals surface area contributed by atoms with E-state index in [1.54, 1.807) is 64.1 Å². The highest BCUT2D eigenvalue weighted by Gasteiger charge is 2.21. The third kappa shape index (κ3) is 4.93. The highest BCUT2D eigenvalue weighted by molar-refractivity contribution is 7.98. The maximum Gasteiger partial charge on any atom is 0.164 e. The van der Waals surface area contributed by atoms with E-state index < -0.39 is 0 Å². The van der Waals surface area contributed by atoms with Crippen LogP contribution in [-0.2, 0) is 11.5 Å². The molecule has 194 valence electrons. The van der Waals surface area contributed by atoms with Crippen LogP contribution in [0.3, 0.4) is 0 Å². The van der Waals surface area contributed by atoms with E-state index in [4.69, 9.17) is 18.3 Å². The second-order valence-corrected chi connectivity index (χ2v) is 10.8. The van der Waals surface area contributed by atoms with E-state index in [1.807, 2.05) is 24.3 Å². The number of fused-ring (bicyclic) bond motifs is 2. The molecular formula is C30H26O6S2. The summed E-state index contributed by atoms with van der Waals surface area (Å²) in [5, 5.41) is 1.58. The molecule has 8 heteroatoms. The molecule has 3 aromatic carbocycles. The number of Topliss-reactive ketones (excluding diaryl/α,β-unsaturated/α-hetero) is 2. The lowest BCUT2D eigenvalue weighted by Crippen LogP contribution is -2.01. The van der Waals surface area contributed by atoms with Crippen molar-refractivity contribution >= 4 is 57.0 Å². The molecule has 5 aromatic rings. The molecule has 0 aliphatic heterocycles. The Labute approximate surface area is 228 Å². The molecule has 2 heterocycles. The Kier molecular flexibility index (Phi) is 7.53. The van der Waals surface area contributed by atoms with Gasteiger partial charge >= 0.3 is 0 Å². The van der Waals surface area contributed by atoms with Crippen LogP contribution >= 0.6 is 23.5 Å². The van der Waals surface area contributed by atoms with Crippen LogP contribution in [0, 0.1) is 0 Å². The highest BCUT2D eigenvalue weighted by Crippen LogP contribution is 2.41. The smallest absolute Gasteiger partial charge is 0.164 e. The summed E-state index contributed by atoms with van der Waals surface area (Å²) in [4.78, 5) is 26.6. The molecule has 0 aliphatic rings. The fourth-order valence-corrected chi connectivity index (χ4v) is 6.66. The quantitative estimate of drug-likeness (QED) is 0.128. The van der Waals surface area contributed by atoms with Gasteiger partial charge in [-0.3, -0.25) is 9.59 Å². The number of methoxy groups -OCH3 is 2. The van der Waals surface area contributed by atoms with Crippen LogP contribution in [-0.4, -0.2) is 25.8 Å². The molecule has 0 saturated heterocycles. The summed E-state index contributed by atoms with van der Waals surface area (Å²) in [5.74, 6) is 2.37. The second kappa shape index (κ2) is 11.0. The average molecular weight is 547 g/mol. The van der Waals surface area contributed by atoms with Gasteiger partial charge in [0.05, 0.1) is 48.6 Å². The number of benzene rings is 3. The minimum atomic E-state index is -0.0471. The SMILES string of the molecule is COc1c(C(C)=O)c(SCc2ccc(CSc3cc4occc4c(OC)c3C(C)=O)cc2)cc2occc12. The van der Waals surface area contributed by atoms with Gasteiger partial charge in [-0.2, -0.15) is 0 Å². The van der Waals surface area contributed by atoms with Crippen molar-refractivity contribution in [1.82, 2.24) is 0 Å². The third-order valence-corrected chi connectivity index (χ3v) is 8.50. The van der Waals surface area contributed by atoms with Crippen molar-refractivity contribution in [1.29, 1.82) is 0 Å². The number of ether oxygens (including phenoxy) is 2. The molecular weight excluding hydrogens is 520 g/mol. The summed E-state index contributed by atoms with van der Waals surface area (Å²) < 4.78 is 22.3. The van der Waals surface area contributed by atoms with Gasteiger partial charge in [-0.05, 0) is 49.2 Å². The molecule has 5 rings (SSSR count). The van der Waals surface area contributed by atoms with Gasteiger partial charge in [0, 0.05) is 21.3 Å². The van der Waals surface area contributed by atoms with Gasteiger partial charge in [0.15, 0.2) is 11.6 Å². The number of hydrogen-bond acceptors (Lipinski definition) is 8. The predicted molar refractivity (Wildman–Crippen MR) is 151 cm³/mol. The van der Waals surface area contributed by atoms with Gasteiger partial charge in [-0.25, -0.2) is 0 Å². The first kappa shape index (κ1) is 26.0. The van der Waals surface area contributed by atoms with Crippen molar-refractivity contribution in [2.75, 3.05) is 14.2 Å². The van der Waals surface area contributed by atoms with Crippen molar-refractivity contribution in [3.63, 3.8) is 0 Å². The number of hydrogen-bond donors (Lipinski definition) is 0. The monoisotopic (exact) mass is 546 g/mol. The molecule has 6 nitrogen and oxygen atoms in total. The summed E-state index contributed by atoms with van der Waals surface area (Å²) in [6.45, 7) is 3.11. The van der Waals surface area contributed by atoms with Crippen molar-refractivity contribution in [3.05, 3.63) is 83.3 Å². The Hall–Kier alpha value is -3.62. The van der Waals surface area contributed by atoms with Crippen LogP contribution in [0.1, 0.15) is 45.7 Å². The van der Waals surface area contributed by atoms with Crippen LogP contribution in [0.2, 0.25) is 0 Å². The normalized spacial score (nSPS) is 11.3. The van der Waals surface area contributed by atoms with Crippen molar-refractivity contribution in [3.8, 4) is 11.5 Å². The summed E-state index contributed by atoms with van der Waals surface area (Å²) in [7, 11) is 3.14. The molecule has 0 bridgehead atoms. The first-order chi connectivity index (χ1) is 18.4. The van der Waals surface area contributed by atoms with Crippen LogP contribution in [0.25, 0.3) is 21.9 Å². The lowest BCUT2D eigenvalue weighted by atomic mass is 10.1. The molecule has 0 atom stereocenters. The lowest BCUT2D eigenvalue weighted by Gasteiger charge is -2.13. The molecule has 0 aliphatic carbocycles. The van der Waals surface area contributed by atoms with Crippen LogP contribution in [0.5, 0.6) is 11.5 Å². The first-order valence-electron chi connectivity index (χ1n) is 11.9. The average Bonchev–Trinajstić information content (AvgIpc) is 3.58. The van der Waals surface area contributed by atoms with E-state index in [2.05, 4.69) is 24.3 Å². The van der Waals surface area contributed by atoms with Gasteiger partial charge in [0.1, 0.15) is 22.7 Å². The molecule has 0 N–H and O–H groups in total. The summed E-state index contributed by atoms with van der Waals surface area (Å²) in [6.07, 6.45) is 3.20. The van der Waals surface area contributed by atoms with E-state index in [-0.39, 0.29) is 11.6 Å². The van der Waals surface area contributed by atoms with E-state index >= 15 is 0 Å². The Morgan fingerprint density at radius 3 is 1.42 bits per heavy atom. The number of rotatable bonds is 10. The molecule has 0 saturated carbocycles. The molecule has 0 unspecified atom stereocenters. The number of thioether (sulfide) groups is 2. The molecule has 0 fully saturated rings. The zero-order valence-electron chi connectivity index (χ0n) is 21.5. The summed E-state index contributed by atoms with van der Waals surface area (Å²) >= 11 is 3.15. The molecule has 2 aromatic heterocycles. The largest absolute Gasteiger partial charge is 0.495 e. The Morgan fingerprint density at radius 1 is 0.684 bits per heavy atom. The molecule has 0 amide bonds. The maximum absolute atomic E-state index is 12.5. The maximum atomic E-state index is 12.5. The van der Waals surface area contributed by atoms with Crippen molar-refractivity contribution in [2.45, 2.75) is 35.1 Å². The number of carbonyl (C=O) groups excluding carboxylic acids is 2. The topological polar surface area (TPSA) is 78.9 Å². The van der Waals surface area contributed by atoms with E-state index in [9.17, 15) is 9.59 Å². The summed E-state index contributed by atoms with van der Waals surface area (Å²) in [5.41, 5.74) is 4.78. The van der Waals surface area contributed by atoms with Gasteiger partial charge in [-0.15, -0.1) is 23.5 Å². The van der Waals surface area contributed by atoms with Crippen molar-refractivity contribution < 1.29 is 27.9 Å². The fraction of sp³-hybridized carbons (Fsp3) is 0.200. The molecule has 38 heavy (non-hydrogen) atoms. The van der Waals surface area contributed by atoms with E-state index in [1.165, 1.54) is 0 Å².